The quantitative estimate of drug-likeness (QED) is 0.425. The molecule has 1 aliphatic heterocycles. The molecule has 0 N–H and O–H groups in total. The van der Waals surface area contributed by atoms with E-state index in [0.29, 0.717) is 0 Å². The van der Waals surface area contributed by atoms with Crippen LogP contribution in [-0.2, 0) is 0 Å². The second-order valence-electron chi connectivity index (χ2n) is 3.26. The Bertz CT molecular complexity index is 120. The number of hydrogen-bond donors (Lipinski definition) is 0. The number of hydrogen-bond acceptors (Lipinski definition) is 1. The molecule has 10 heavy (non-hydrogen) atoms. The average Bonchev–Trinajstić information content (AvgIpc) is 2.62. The second-order valence-corrected chi connectivity index (χ2v) is 3.26. The van der Waals surface area contributed by atoms with Crippen molar-refractivity contribution in [3.63, 3.8) is 0 Å². The number of rotatable bonds is 4. The van der Waals surface area contributed by atoms with Gasteiger partial charge in [-0.25, -0.2) is 0 Å². The molecular weight excluding hydrogens is 122 g/mol. The summed E-state index contributed by atoms with van der Waals surface area (Å²) >= 11 is 0. The fourth-order valence-corrected chi connectivity index (χ4v) is 1.40. The smallest absolute Gasteiger partial charge is 0.0198 e. The molecule has 1 nitrogen and oxygen atoms in total. The third-order valence-corrected chi connectivity index (χ3v) is 2.26. The van der Waals surface area contributed by atoms with Gasteiger partial charge in [0, 0.05) is 18.6 Å². The summed E-state index contributed by atoms with van der Waals surface area (Å²) in [5.41, 5.74) is 0. The van der Waals surface area contributed by atoms with E-state index in [1.165, 1.54) is 13.0 Å². The van der Waals surface area contributed by atoms with Crippen molar-refractivity contribution in [3.8, 4) is 0 Å². The van der Waals surface area contributed by atoms with Gasteiger partial charge in [0.1, 0.15) is 0 Å². The lowest BCUT2D eigenvalue weighted by atomic mass is 10.2. The summed E-state index contributed by atoms with van der Waals surface area (Å²) in [6.45, 7) is 9.60. The Balaban J connectivity index is 2.10. The minimum atomic E-state index is 0.771. The Kier molecular flexibility index (Phi) is 2.50. The number of nitrogens with zero attached hydrogens (tertiary/aromatic N) is 1. The topological polar surface area (TPSA) is 3.01 Å². The summed E-state index contributed by atoms with van der Waals surface area (Å²) in [6.07, 6.45) is 4.43. The van der Waals surface area contributed by atoms with Crippen molar-refractivity contribution in [2.45, 2.75) is 38.8 Å². The van der Waals surface area contributed by atoms with E-state index >= 15 is 0 Å². The molecule has 0 aromatic rings. The molecule has 3 atom stereocenters. The molecule has 0 aromatic carbocycles. The molecule has 0 saturated carbocycles. The van der Waals surface area contributed by atoms with Crippen LogP contribution in [0.1, 0.15) is 26.7 Å². The summed E-state index contributed by atoms with van der Waals surface area (Å²) in [5, 5.41) is 0. The maximum absolute atomic E-state index is 3.71. The molecule has 1 aliphatic rings. The first-order valence-electron chi connectivity index (χ1n) is 4.12. The summed E-state index contributed by atoms with van der Waals surface area (Å²) < 4.78 is 0. The van der Waals surface area contributed by atoms with Crippen molar-refractivity contribution in [2.24, 2.45) is 0 Å². The Morgan fingerprint density at radius 1 is 1.80 bits per heavy atom. The molecule has 0 aromatic heterocycles. The van der Waals surface area contributed by atoms with Gasteiger partial charge in [-0.3, -0.25) is 4.90 Å². The zero-order chi connectivity index (χ0) is 7.56. The molecule has 1 heteroatoms. The average molecular weight is 139 g/mol. The van der Waals surface area contributed by atoms with Crippen LogP contribution in [0.3, 0.4) is 0 Å². The molecule has 0 bridgehead atoms. The monoisotopic (exact) mass is 139 g/mol. The first-order valence-corrected chi connectivity index (χ1v) is 4.12. The SMILES string of the molecule is C=CCCC(C)N1CC1C. The Morgan fingerprint density at radius 3 is 2.80 bits per heavy atom. The van der Waals surface area contributed by atoms with Crippen LogP contribution in [0.4, 0.5) is 0 Å². The summed E-state index contributed by atoms with van der Waals surface area (Å²) in [5.74, 6) is 0. The minimum Gasteiger partial charge on any atom is -0.295 e. The van der Waals surface area contributed by atoms with E-state index in [4.69, 9.17) is 0 Å². The van der Waals surface area contributed by atoms with Gasteiger partial charge in [-0.15, -0.1) is 6.58 Å². The predicted molar refractivity (Wildman–Crippen MR) is 45.1 cm³/mol. The molecule has 58 valence electrons. The van der Waals surface area contributed by atoms with E-state index in [1.807, 2.05) is 6.08 Å². The van der Waals surface area contributed by atoms with Gasteiger partial charge in [0.05, 0.1) is 0 Å². The lowest BCUT2D eigenvalue weighted by Crippen LogP contribution is -2.15. The van der Waals surface area contributed by atoms with Gasteiger partial charge in [0.2, 0.25) is 0 Å². The van der Waals surface area contributed by atoms with Crippen molar-refractivity contribution in [1.82, 2.24) is 4.90 Å². The van der Waals surface area contributed by atoms with Crippen LogP contribution in [-0.4, -0.2) is 23.5 Å². The molecule has 0 amide bonds. The lowest BCUT2D eigenvalue weighted by Gasteiger charge is -2.10. The molecule has 1 heterocycles. The van der Waals surface area contributed by atoms with E-state index < -0.39 is 0 Å². The molecular formula is C9H17N. The Labute approximate surface area is 63.7 Å². The Morgan fingerprint density at radius 2 is 2.40 bits per heavy atom. The van der Waals surface area contributed by atoms with Crippen LogP contribution in [0.2, 0.25) is 0 Å². The first kappa shape index (κ1) is 7.80. The van der Waals surface area contributed by atoms with Gasteiger partial charge in [0.25, 0.3) is 0 Å². The van der Waals surface area contributed by atoms with E-state index in [1.54, 1.807) is 0 Å². The van der Waals surface area contributed by atoms with Gasteiger partial charge in [-0.1, -0.05) is 6.08 Å². The predicted octanol–water partition coefficient (Wildman–Crippen LogP) is 2.05. The highest BCUT2D eigenvalue weighted by Crippen LogP contribution is 2.22. The van der Waals surface area contributed by atoms with Crippen molar-refractivity contribution >= 4 is 0 Å². The van der Waals surface area contributed by atoms with Crippen LogP contribution in [0, 0.1) is 0 Å². The molecule has 1 rings (SSSR count). The molecule has 0 radical (unpaired) electrons. The summed E-state index contributed by atoms with van der Waals surface area (Å²) in [4.78, 5) is 2.52. The maximum atomic E-state index is 3.71. The molecule has 3 unspecified atom stereocenters. The highest BCUT2D eigenvalue weighted by atomic mass is 15.3. The largest absolute Gasteiger partial charge is 0.295 e. The van der Waals surface area contributed by atoms with Crippen LogP contribution < -0.4 is 0 Å². The molecule has 0 spiro atoms. The van der Waals surface area contributed by atoms with Gasteiger partial charge < -0.3 is 0 Å². The zero-order valence-corrected chi connectivity index (χ0v) is 7.01. The third kappa shape index (κ3) is 1.84. The van der Waals surface area contributed by atoms with Gasteiger partial charge in [-0.2, -0.15) is 0 Å². The first-order chi connectivity index (χ1) is 4.75. The van der Waals surface area contributed by atoms with E-state index in [2.05, 4.69) is 25.3 Å². The van der Waals surface area contributed by atoms with E-state index in [9.17, 15) is 0 Å². The van der Waals surface area contributed by atoms with Gasteiger partial charge >= 0.3 is 0 Å². The van der Waals surface area contributed by atoms with Gasteiger partial charge in [-0.05, 0) is 26.7 Å². The van der Waals surface area contributed by atoms with Crippen molar-refractivity contribution in [3.05, 3.63) is 12.7 Å². The van der Waals surface area contributed by atoms with E-state index in [-0.39, 0.29) is 0 Å². The van der Waals surface area contributed by atoms with Crippen LogP contribution in [0.25, 0.3) is 0 Å². The van der Waals surface area contributed by atoms with E-state index in [0.717, 1.165) is 18.5 Å². The maximum Gasteiger partial charge on any atom is 0.0198 e. The molecule has 0 aliphatic carbocycles. The fourth-order valence-electron chi connectivity index (χ4n) is 1.40. The summed E-state index contributed by atoms with van der Waals surface area (Å²) in [7, 11) is 0. The van der Waals surface area contributed by atoms with Crippen LogP contribution in [0.15, 0.2) is 12.7 Å². The Hall–Kier alpha value is -0.300. The highest BCUT2D eigenvalue weighted by Gasteiger charge is 2.32. The summed E-state index contributed by atoms with van der Waals surface area (Å²) in [6, 6.07) is 1.62. The fraction of sp³-hybridized carbons (Fsp3) is 0.778. The third-order valence-electron chi connectivity index (χ3n) is 2.26. The van der Waals surface area contributed by atoms with Crippen LogP contribution in [0.5, 0.6) is 0 Å². The normalized spacial score (nSPS) is 33.4. The van der Waals surface area contributed by atoms with Crippen molar-refractivity contribution < 1.29 is 0 Å². The highest BCUT2D eigenvalue weighted by molar-refractivity contribution is 4.89. The molecule has 1 saturated heterocycles. The van der Waals surface area contributed by atoms with Gasteiger partial charge in [0.15, 0.2) is 0 Å². The second kappa shape index (κ2) is 3.20. The zero-order valence-electron chi connectivity index (χ0n) is 7.01. The minimum absolute atomic E-state index is 0.771. The number of allylic oxidation sites excluding steroid dienone is 1. The lowest BCUT2D eigenvalue weighted by molar-refractivity contribution is 0.382. The standard InChI is InChI=1S/C9H17N/c1-4-5-6-8(2)10-7-9(10)3/h4,8-9H,1,5-7H2,2-3H3. The van der Waals surface area contributed by atoms with Crippen LogP contribution >= 0.6 is 0 Å². The van der Waals surface area contributed by atoms with Crippen molar-refractivity contribution in [2.75, 3.05) is 6.54 Å². The van der Waals surface area contributed by atoms with Crippen molar-refractivity contribution in [1.29, 1.82) is 0 Å². The molecule has 1 fully saturated rings.